The molecule has 24 heavy (non-hydrogen) atoms. The van der Waals surface area contributed by atoms with E-state index in [-0.39, 0.29) is 23.7 Å². The molecule has 0 unspecified atom stereocenters. The van der Waals surface area contributed by atoms with E-state index in [1.807, 2.05) is 5.38 Å². The minimum Gasteiger partial charge on any atom is -0.435 e. The number of aromatic nitrogens is 2. The number of Topliss-reactive ketones (excluding diaryl/α,β-unsaturated/α-hetero) is 1. The number of benzene rings is 1. The third-order valence-electron chi connectivity index (χ3n) is 3.03. The summed E-state index contributed by atoms with van der Waals surface area (Å²) in [5.41, 5.74) is 0.240. The van der Waals surface area contributed by atoms with Crippen LogP contribution in [0, 0.1) is 0 Å². The number of rotatable bonds is 6. The molecule has 0 bridgehead atoms. The zero-order valence-electron chi connectivity index (χ0n) is 12.0. The van der Waals surface area contributed by atoms with Crippen molar-refractivity contribution in [1.29, 1.82) is 0 Å². The third kappa shape index (κ3) is 3.57. The molecule has 0 aliphatic carbocycles. The van der Waals surface area contributed by atoms with Gasteiger partial charge in [0.25, 0.3) is 5.89 Å². The molecule has 0 fully saturated rings. The molecule has 0 saturated heterocycles. The molecule has 3 aromatic rings. The summed E-state index contributed by atoms with van der Waals surface area (Å²) in [5.74, 6) is -1.07. The number of ether oxygens (including phenoxy) is 1. The van der Waals surface area contributed by atoms with Crippen molar-refractivity contribution in [2.75, 3.05) is 0 Å². The van der Waals surface area contributed by atoms with Crippen molar-refractivity contribution < 1.29 is 22.7 Å². The number of carbonyl (C=O) groups excluding carboxylic acids is 1. The molecule has 3 rings (SSSR count). The van der Waals surface area contributed by atoms with Crippen molar-refractivity contribution in [2.45, 2.75) is 13.2 Å². The van der Waals surface area contributed by atoms with Gasteiger partial charge in [-0.1, -0.05) is 6.07 Å². The molecule has 2 heterocycles. The van der Waals surface area contributed by atoms with Crippen molar-refractivity contribution in [1.82, 2.24) is 9.78 Å². The summed E-state index contributed by atoms with van der Waals surface area (Å²) < 4.78 is 34.3. The summed E-state index contributed by atoms with van der Waals surface area (Å²) >= 11 is 1.35. The standard InChI is InChI=1S/C15H10F2N2O4S/c16-14(17)22-10-5-3-9(4-6-10)11(20)8-19-15(21)23-13(18-19)12-2-1-7-24-12/h1-7,14H,8H2. The predicted molar refractivity (Wildman–Crippen MR) is 81.5 cm³/mol. The Bertz CT molecular complexity index is 885. The molecule has 9 heteroatoms. The lowest BCUT2D eigenvalue weighted by Crippen LogP contribution is -2.21. The van der Waals surface area contributed by atoms with Crippen molar-refractivity contribution in [2.24, 2.45) is 0 Å². The minimum atomic E-state index is -2.93. The van der Waals surface area contributed by atoms with Crippen LogP contribution in [0.15, 0.2) is 51.0 Å². The Labute approximate surface area is 137 Å². The van der Waals surface area contributed by atoms with Gasteiger partial charge in [0.2, 0.25) is 0 Å². The summed E-state index contributed by atoms with van der Waals surface area (Å²) in [6, 6.07) is 8.71. The number of alkyl halides is 2. The lowest BCUT2D eigenvalue weighted by molar-refractivity contribution is -0.0498. The number of carbonyl (C=O) groups is 1. The molecule has 0 saturated carbocycles. The van der Waals surface area contributed by atoms with Crippen LogP contribution in [0.2, 0.25) is 0 Å². The quantitative estimate of drug-likeness (QED) is 0.638. The molecule has 0 aliphatic rings. The van der Waals surface area contributed by atoms with Gasteiger partial charge in [-0.05, 0) is 35.7 Å². The normalized spacial score (nSPS) is 11.0. The molecule has 124 valence electrons. The summed E-state index contributed by atoms with van der Waals surface area (Å²) in [7, 11) is 0. The van der Waals surface area contributed by atoms with Crippen LogP contribution in [0.25, 0.3) is 10.8 Å². The zero-order valence-corrected chi connectivity index (χ0v) is 12.8. The van der Waals surface area contributed by atoms with Crippen molar-refractivity contribution in [3.63, 3.8) is 0 Å². The number of halogens is 2. The van der Waals surface area contributed by atoms with E-state index in [0.29, 0.717) is 4.88 Å². The summed E-state index contributed by atoms with van der Waals surface area (Å²) in [5, 5.41) is 5.79. The van der Waals surface area contributed by atoms with Crippen molar-refractivity contribution >= 4 is 17.1 Å². The van der Waals surface area contributed by atoms with Gasteiger partial charge in [-0.25, -0.2) is 4.79 Å². The van der Waals surface area contributed by atoms with E-state index < -0.39 is 18.2 Å². The lowest BCUT2D eigenvalue weighted by atomic mass is 10.1. The Morgan fingerprint density at radius 3 is 2.67 bits per heavy atom. The van der Waals surface area contributed by atoms with Gasteiger partial charge in [-0.3, -0.25) is 4.79 Å². The van der Waals surface area contributed by atoms with E-state index in [1.165, 1.54) is 35.6 Å². The highest BCUT2D eigenvalue weighted by Crippen LogP contribution is 2.21. The van der Waals surface area contributed by atoms with Gasteiger partial charge in [0.1, 0.15) is 12.3 Å². The summed E-state index contributed by atoms with van der Waals surface area (Å²) in [6.45, 7) is -3.25. The van der Waals surface area contributed by atoms with Gasteiger partial charge in [-0.2, -0.15) is 13.5 Å². The monoisotopic (exact) mass is 352 g/mol. The molecule has 6 nitrogen and oxygen atoms in total. The summed E-state index contributed by atoms with van der Waals surface area (Å²) in [4.78, 5) is 24.6. The predicted octanol–water partition coefficient (Wildman–Crippen LogP) is 3.05. The Hall–Kier alpha value is -2.81. The molecular weight excluding hydrogens is 342 g/mol. The fourth-order valence-electron chi connectivity index (χ4n) is 1.96. The van der Waals surface area contributed by atoms with Gasteiger partial charge >= 0.3 is 12.4 Å². The first-order chi connectivity index (χ1) is 11.5. The average molecular weight is 352 g/mol. The molecule has 0 aliphatic heterocycles. The van der Waals surface area contributed by atoms with E-state index in [2.05, 4.69) is 9.84 Å². The van der Waals surface area contributed by atoms with E-state index in [4.69, 9.17) is 4.42 Å². The van der Waals surface area contributed by atoms with Crippen LogP contribution in [-0.2, 0) is 6.54 Å². The fraction of sp³-hybridized carbons (Fsp3) is 0.133. The first-order valence-electron chi connectivity index (χ1n) is 6.73. The lowest BCUT2D eigenvalue weighted by Gasteiger charge is -2.05. The van der Waals surface area contributed by atoms with Crippen LogP contribution in [0.5, 0.6) is 5.75 Å². The average Bonchev–Trinajstić information content (AvgIpc) is 3.18. The molecule has 0 amide bonds. The fourth-order valence-corrected chi connectivity index (χ4v) is 2.60. The molecule has 0 radical (unpaired) electrons. The van der Waals surface area contributed by atoms with Crippen LogP contribution in [0.3, 0.4) is 0 Å². The smallest absolute Gasteiger partial charge is 0.435 e. The molecule has 0 N–H and O–H groups in total. The second-order valence-corrected chi connectivity index (χ2v) is 5.58. The number of ketones is 1. The minimum absolute atomic E-state index is 0.0554. The third-order valence-corrected chi connectivity index (χ3v) is 3.89. The first-order valence-corrected chi connectivity index (χ1v) is 7.61. The Kier molecular flexibility index (Phi) is 4.52. The van der Waals surface area contributed by atoms with E-state index in [0.717, 1.165) is 4.68 Å². The first kappa shape index (κ1) is 16.1. The summed E-state index contributed by atoms with van der Waals surface area (Å²) in [6.07, 6.45) is 0. The van der Waals surface area contributed by atoms with Gasteiger partial charge in [0.15, 0.2) is 5.78 Å². The van der Waals surface area contributed by atoms with E-state index in [9.17, 15) is 18.4 Å². The largest absolute Gasteiger partial charge is 0.437 e. The molecule has 2 aromatic heterocycles. The van der Waals surface area contributed by atoms with Crippen LogP contribution >= 0.6 is 11.3 Å². The number of hydrogen-bond acceptors (Lipinski definition) is 6. The van der Waals surface area contributed by atoms with E-state index in [1.54, 1.807) is 12.1 Å². The number of thiophene rings is 1. The van der Waals surface area contributed by atoms with Crippen molar-refractivity contribution in [3.05, 3.63) is 57.9 Å². The van der Waals surface area contributed by atoms with Gasteiger partial charge < -0.3 is 9.15 Å². The highest BCUT2D eigenvalue weighted by Gasteiger charge is 2.15. The molecule has 0 spiro atoms. The van der Waals surface area contributed by atoms with Crippen molar-refractivity contribution in [3.8, 4) is 16.5 Å². The number of hydrogen-bond donors (Lipinski definition) is 0. The van der Waals surface area contributed by atoms with Crippen LogP contribution in [0.1, 0.15) is 10.4 Å². The molecule has 1 aromatic carbocycles. The van der Waals surface area contributed by atoms with Crippen LogP contribution in [0.4, 0.5) is 8.78 Å². The Morgan fingerprint density at radius 2 is 2.04 bits per heavy atom. The Balaban J connectivity index is 1.74. The van der Waals surface area contributed by atoms with Gasteiger partial charge in [0, 0.05) is 5.56 Å². The molecule has 0 atom stereocenters. The maximum Gasteiger partial charge on any atom is 0.437 e. The second kappa shape index (κ2) is 6.75. The van der Waals surface area contributed by atoms with Crippen LogP contribution < -0.4 is 10.5 Å². The van der Waals surface area contributed by atoms with Crippen LogP contribution in [-0.4, -0.2) is 22.2 Å². The topological polar surface area (TPSA) is 74.3 Å². The van der Waals surface area contributed by atoms with Gasteiger partial charge in [-0.15, -0.1) is 16.4 Å². The zero-order chi connectivity index (χ0) is 17.1. The maximum atomic E-state index is 12.2. The van der Waals surface area contributed by atoms with Gasteiger partial charge in [0.05, 0.1) is 4.88 Å². The Morgan fingerprint density at radius 1 is 1.29 bits per heavy atom. The SMILES string of the molecule is O=C(Cn1nc(-c2cccs2)oc1=O)c1ccc(OC(F)F)cc1. The molecular formula is C15H10F2N2O4S. The second-order valence-electron chi connectivity index (χ2n) is 4.63. The number of nitrogens with zero attached hydrogens (tertiary/aromatic N) is 2. The highest BCUT2D eigenvalue weighted by atomic mass is 32.1. The van der Waals surface area contributed by atoms with E-state index >= 15 is 0 Å². The maximum absolute atomic E-state index is 12.2. The highest BCUT2D eigenvalue weighted by molar-refractivity contribution is 7.13.